The fourth-order valence-electron chi connectivity index (χ4n) is 2.59. The summed E-state index contributed by atoms with van der Waals surface area (Å²) >= 11 is 2.52. The van der Waals surface area contributed by atoms with Crippen molar-refractivity contribution in [2.45, 2.75) is 21.4 Å². The lowest BCUT2D eigenvalue weighted by atomic mass is 10.1. The lowest BCUT2D eigenvalue weighted by Crippen LogP contribution is -2.09. The zero-order chi connectivity index (χ0) is 19.6. The monoisotopic (exact) mass is 434 g/mol. The Bertz CT molecular complexity index is 1090. The molecule has 0 aliphatic rings. The average Bonchev–Trinajstić information content (AvgIpc) is 3.14. The highest BCUT2D eigenvalue weighted by Gasteiger charge is 2.26. The largest absolute Gasteiger partial charge is 0.497 e. The van der Waals surface area contributed by atoms with E-state index in [9.17, 15) is 8.42 Å². The smallest absolute Gasteiger partial charge is 0.208 e. The van der Waals surface area contributed by atoms with Gasteiger partial charge in [0.15, 0.2) is 0 Å². The van der Waals surface area contributed by atoms with Crippen molar-refractivity contribution < 1.29 is 13.2 Å². The number of amidine groups is 1. The number of methoxy groups -OCH3 is 1. The third-order valence-corrected chi connectivity index (χ3v) is 8.26. The second-order valence-corrected chi connectivity index (χ2v) is 9.69. The van der Waals surface area contributed by atoms with Gasteiger partial charge in [-0.3, -0.25) is 5.41 Å². The van der Waals surface area contributed by atoms with Crippen LogP contribution >= 0.6 is 23.1 Å². The van der Waals surface area contributed by atoms with Crippen LogP contribution in [0.4, 0.5) is 0 Å². The topological polar surface area (TPSA) is 93.2 Å². The van der Waals surface area contributed by atoms with Crippen molar-refractivity contribution in [3.63, 3.8) is 0 Å². The lowest BCUT2D eigenvalue weighted by Gasteiger charge is -2.10. The van der Waals surface area contributed by atoms with Crippen LogP contribution in [-0.4, -0.2) is 27.6 Å². The Morgan fingerprint density at radius 1 is 1.11 bits per heavy atom. The van der Waals surface area contributed by atoms with Gasteiger partial charge in [-0.05, 0) is 41.6 Å². The summed E-state index contributed by atoms with van der Waals surface area (Å²) in [5.41, 5.74) is 7.20. The number of nitrogen functional groups attached to an aromatic ring is 1. The van der Waals surface area contributed by atoms with Gasteiger partial charge >= 0.3 is 0 Å². The fourth-order valence-corrected chi connectivity index (χ4v) is 6.51. The summed E-state index contributed by atoms with van der Waals surface area (Å²) in [5, 5.41) is 7.60. The Morgan fingerprint density at radius 3 is 2.36 bits per heavy atom. The van der Waals surface area contributed by atoms with Crippen molar-refractivity contribution in [3.8, 4) is 16.9 Å². The molecule has 0 amide bonds. The maximum absolute atomic E-state index is 13.3. The molecule has 3 aromatic rings. The molecular weight excluding hydrogens is 412 g/mol. The molecule has 0 aliphatic heterocycles. The standard InChI is InChI=1S/C19H18N2O3S3.CH4/c1-24-14-8-13(12-6-4-3-5-7-12)9-15(10-14)27(22,23)17-11-16(18(20)21)26-19(17)25-2;/h3-11H,1-2H3,(H3,20,21);1H4. The quantitative estimate of drug-likeness (QED) is 0.327. The van der Waals surface area contributed by atoms with Crippen LogP contribution in [0.1, 0.15) is 12.3 Å². The molecule has 28 heavy (non-hydrogen) atoms. The molecule has 0 saturated carbocycles. The zero-order valence-electron chi connectivity index (χ0n) is 14.7. The summed E-state index contributed by atoms with van der Waals surface area (Å²) < 4.78 is 32.6. The van der Waals surface area contributed by atoms with Gasteiger partial charge in [0, 0.05) is 0 Å². The number of nitrogens with one attached hydrogen (secondary N) is 1. The van der Waals surface area contributed by atoms with E-state index in [4.69, 9.17) is 15.9 Å². The molecule has 3 N–H and O–H groups in total. The second-order valence-electron chi connectivity index (χ2n) is 5.65. The van der Waals surface area contributed by atoms with Gasteiger partial charge in [0.2, 0.25) is 9.84 Å². The maximum atomic E-state index is 13.3. The first kappa shape index (κ1) is 22.0. The number of ether oxygens (including phenoxy) is 1. The number of hydrogen-bond acceptors (Lipinski definition) is 6. The summed E-state index contributed by atoms with van der Waals surface area (Å²) in [6, 6.07) is 15.9. The van der Waals surface area contributed by atoms with Gasteiger partial charge in [0.05, 0.1) is 26.0 Å². The molecule has 148 valence electrons. The van der Waals surface area contributed by atoms with Gasteiger partial charge < -0.3 is 10.5 Å². The molecule has 0 fully saturated rings. The molecule has 8 heteroatoms. The first-order valence-corrected chi connectivity index (χ1v) is 11.4. The summed E-state index contributed by atoms with van der Waals surface area (Å²) in [4.78, 5) is 0.741. The number of sulfone groups is 1. The van der Waals surface area contributed by atoms with Crippen molar-refractivity contribution in [1.82, 2.24) is 0 Å². The summed E-state index contributed by atoms with van der Waals surface area (Å²) in [6.07, 6.45) is 1.80. The fraction of sp³-hybridized carbons (Fsp3) is 0.150. The van der Waals surface area contributed by atoms with Gasteiger partial charge in [-0.1, -0.05) is 37.8 Å². The molecule has 1 aromatic heterocycles. The van der Waals surface area contributed by atoms with Crippen molar-refractivity contribution in [2.24, 2.45) is 5.73 Å². The minimum atomic E-state index is -3.80. The second kappa shape index (κ2) is 8.81. The third kappa shape index (κ3) is 4.24. The molecule has 0 radical (unpaired) electrons. The summed E-state index contributed by atoms with van der Waals surface area (Å²) in [5.74, 6) is 0.315. The Morgan fingerprint density at radius 2 is 1.79 bits per heavy atom. The number of hydrogen-bond donors (Lipinski definition) is 2. The Labute approximate surface area is 174 Å². The first-order valence-electron chi connectivity index (χ1n) is 7.88. The number of benzene rings is 2. The molecule has 0 bridgehead atoms. The lowest BCUT2D eigenvalue weighted by molar-refractivity contribution is 0.413. The van der Waals surface area contributed by atoms with E-state index in [1.54, 1.807) is 18.4 Å². The van der Waals surface area contributed by atoms with E-state index < -0.39 is 9.84 Å². The van der Waals surface area contributed by atoms with Gasteiger partial charge in [-0.15, -0.1) is 23.1 Å². The van der Waals surface area contributed by atoms with Crippen molar-refractivity contribution in [3.05, 3.63) is 59.5 Å². The van der Waals surface area contributed by atoms with Crippen LogP contribution < -0.4 is 10.5 Å². The molecule has 3 rings (SSSR count). The van der Waals surface area contributed by atoms with Crippen molar-refractivity contribution in [1.29, 1.82) is 5.41 Å². The Kier molecular flexibility index (Phi) is 6.92. The first-order chi connectivity index (χ1) is 12.9. The number of thioether (sulfide) groups is 1. The molecular formula is C20H22N2O3S3. The highest BCUT2D eigenvalue weighted by molar-refractivity contribution is 8.01. The maximum Gasteiger partial charge on any atom is 0.208 e. The van der Waals surface area contributed by atoms with E-state index in [1.165, 1.54) is 42.3 Å². The predicted molar refractivity (Wildman–Crippen MR) is 118 cm³/mol. The molecule has 0 aliphatic carbocycles. The molecule has 0 unspecified atom stereocenters. The Hall–Kier alpha value is -2.29. The molecule has 0 saturated heterocycles. The molecule has 0 atom stereocenters. The van der Waals surface area contributed by atoms with E-state index in [1.807, 2.05) is 30.3 Å². The molecule has 0 spiro atoms. The SMILES string of the molecule is C.COc1cc(-c2ccccc2)cc(S(=O)(=O)c2cc(C(=N)N)sc2SC)c1. The predicted octanol–water partition coefficient (Wildman–Crippen LogP) is 4.90. The van der Waals surface area contributed by atoms with E-state index >= 15 is 0 Å². The number of nitrogens with two attached hydrogens (primary N) is 1. The van der Waals surface area contributed by atoms with Crippen LogP contribution in [0.3, 0.4) is 0 Å². The average molecular weight is 435 g/mol. The van der Waals surface area contributed by atoms with Gasteiger partial charge in [-0.25, -0.2) is 8.42 Å². The van der Waals surface area contributed by atoms with E-state index in [2.05, 4.69) is 0 Å². The van der Waals surface area contributed by atoms with Gasteiger partial charge in [0.25, 0.3) is 0 Å². The minimum Gasteiger partial charge on any atom is -0.497 e. The third-order valence-electron chi connectivity index (χ3n) is 3.94. The summed E-state index contributed by atoms with van der Waals surface area (Å²) in [7, 11) is -2.29. The van der Waals surface area contributed by atoms with Gasteiger partial charge in [-0.2, -0.15) is 0 Å². The molecule has 2 aromatic carbocycles. The Balaban J connectivity index is 0.00000280. The van der Waals surface area contributed by atoms with Gasteiger partial charge in [0.1, 0.15) is 11.6 Å². The van der Waals surface area contributed by atoms with Crippen LogP contribution in [0.2, 0.25) is 0 Å². The molecule has 5 nitrogen and oxygen atoms in total. The van der Waals surface area contributed by atoms with Crippen molar-refractivity contribution >= 4 is 38.8 Å². The highest BCUT2D eigenvalue weighted by atomic mass is 32.2. The molecule has 1 heterocycles. The van der Waals surface area contributed by atoms with Crippen LogP contribution in [-0.2, 0) is 9.84 Å². The zero-order valence-corrected chi connectivity index (χ0v) is 17.2. The van der Waals surface area contributed by atoms with Crippen LogP contribution in [0, 0.1) is 5.41 Å². The van der Waals surface area contributed by atoms with Crippen LogP contribution in [0.15, 0.2) is 68.6 Å². The van der Waals surface area contributed by atoms with Crippen LogP contribution in [0.5, 0.6) is 5.75 Å². The van der Waals surface area contributed by atoms with E-state index in [-0.39, 0.29) is 23.1 Å². The number of rotatable bonds is 6. The van der Waals surface area contributed by atoms with E-state index in [0.717, 1.165) is 11.1 Å². The normalized spacial score (nSPS) is 10.9. The minimum absolute atomic E-state index is 0. The van der Waals surface area contributed by atoms with Crippen molar-refractivity contribution in [2.75, 3.05) is 13.4 Å². The van der Waals surface area contributed by atoms with E-state index in [0.29, 0.717) is 14.8 Å². The van der Waals surface area contributed by atoms with Crippen LogP contribution in [0.25, 0.3) is 11.1 Å². The highest BCUT2D eigenvalue weighted by Crippen LogP contribution is 2.38. The summed E-state index contributed by atoms with van der Waals surface area (Å²) in [6.45, 7) is 0. The number of thiophene rings is 1.